The molecule has 0 aliphatic carbocycles. The zero-order valence-electron chi connectivity index (χ0n) is 14.0. The average Bonchev–Trinajstić information content (AvgIpc) is 2.96. The number of rotatable bonds is 1. The third-order valence-electron chi connectivity index (χ3n) is 5.31. The zero-order valence-corrected chi connectivity index (χ0v) is 14.0. The second-order valence-corrected chi connectivity index (χ2v) is 6.84. The van der Waals surface area contributed by atoms with Crippen molar-refractivity contribution in [1.82, 2.24) is 14.3 Å². The Labute approximate surface area is 144 Å². The third kappa shape index (κ3) is 2.78. The van der Waals surface area contributed by atoms with Crippen molar-refractivity contribution in [3.8, 4) is 5.75 Å². The predicted octanol–water partition coefficient (Wildman–Crippen LogP) is 1.58. The van der Waals surface area contributed by atoms with E-state index in [0.29, 0.717) is 13.1 Å². The molecule has 132 valence electrons. The van der Waals surface area contributed by atoms with E-state index in [-0.39, 0.29) is 28.5 Å². The maximum atomic E-state index is 12.9. The highest BCUT2D eigenvalue weighted by Gasteiger charge is 2.37. The van der Waals surface area contributed by atoms with Gasteiger partial charge >= 0.3 is 0 Å². The molecule has 1 amide bonds. The molecule has 4 heterocycles. The second kappa shape index (κ2) is 6.15. The SMILES string of the molecule is O=C(c1cnc2c(O)cccn2c1=O)N1CCC[C@@]2(CCCO2)CC1. The molecule has 0 aromatic carbocycles. The normalized spacial score (nSPS) is 23.9. The van der Waals surface area contributed by atoms with Crippen LogP contribution in [0.5, 0.6) is 5.75 Å². The summed E-state index contributed by atoms with van der Waals surface area (Å²) in [5.41, 5.74) is -0.357. The Morgan fingerprint density at radius 3 is 2.88 bits per heavy atom. The van der Waals surface area contributed by atoms with Crippen molar-refractivity contribution in [2.75, 3.05) is 19.7 Å². The molecule has 1 N–H and O–H groups in total. The quantitative estimate of drug-likeness (QED) is 0.850. The van der Waals surface area contributed by atoms with Gasteiger partial charge in [-0.05, 0) is 44.2 Å². The summed E-state index contributed by atoms with van der Waals surface area (Å²) < 4.78 is 7.16. The Kier molecular flexibility index (Phi) is 3.95. The first-order valence-corrected chi connectivity index (χ1v) is 8.72. The van der Waals surface area contributed by atoms with Gasteiger partial charge in [0.25, 0.3) is 11.5 Å². The van der Waals surface area contributed by atoms with Crippen LogP contribution in [0.3, 0.4) is 0 Å². The fraction of sp³-hybridized carbons (Fsp3) is 0.500. The van der Waals surface area contributed by atoms with E-state index >= 15 is 0 Å². The zero-order chi connectivity index (χ0) is 17.4. The van der Waals surface area contributed by atoms with E-state index < -0.39 is 5.56 Å². The lowest BCUT2D eigenvalue weighted by atomic mass is 9.92. The molecular weight excluding hydrogens is 322 g/mol. The molecule has 0 unspecified atom stereocenters. The molecule has 0 saturated carbocycles. The summed E-state index contributed by atoms with van der Waals surface area (Å²) in [5, 5.41) is 9.80. The molecule has 1 atom stereocenters. The number of pyridine rings is 1. The largest absolute Gasteiger partial charge is 0.504 e. The molecule has 2 aliphatic heterocycles. The van der Waals surface area contributed by atoms with Gasteiger partial charge in [0.1, 0.15) is 5.56 Å². The van der Waals surface area contributed by atoms with Crippen molar-refractivity contribution < 1.29 is 14.6 Å². The van der Waals surface area contributed by atoms with Crippen LogP contribution in [-0.4, -0.2) is 50.6 Å². The Hall–Kier alpha value is -2.41. The van der Waals surface area contributed by atoms with E-state index in [0.717, 1.165) is 38.7 Å². The monoisotopic (exact) mass is 343 g/mol. The van der Waals surface area contributed by atoms with Gasteiger partial charge in [-0.1, -0.05) is 0 Å². The van der Waals surface area contributed by atoms with Gasteiger partial charge in [-0.3, -0.25) is 14.0 Å². The number of fused-ring (bicyclic) bond motifs is 1. The van der Waals surface area contributed by atoms with Crippen molar-refractivity contribution in [2.24, 2.45) is 0 Å². The van der Waals surface area contributed by atoms with E-state index in [1.165, 1.54) is 22.9 Å². The predicted molar refractivity (Wildman–Crippen MR) is 90.8 cm³/mol. The Morgan fingerprint density at radius 1 is 1.24 bits per heavy atom. The number of aromatic hydroxyl groups is 1. The van der Waals surface area contributed by atoms with Gasteiger partial charge in [0.2, 0.25) is 0 Å². The van der Waals surface area contributed by atoms with Crippen LogP contribution in [0.15, 0.2) is 29.3 Å². The average molecular weight is 343 g/mol. The molecule has 2 fully saturated rings. The minimum Gasteiger partial charge on any atom is -0.504 e. The summed E-state index contributed by atoms with van der Waals surface area (Å²) in [4.78, 5) is 31.3. The summed E-state index contributed by atoms with van der Waals surface area (Å²) in [7, 11) is 0. The molecule has 1 spiro atoms. The molecule has 0 bridgehead atoms. The number of amides is 1. The highest BCUT2D eigenvalue weighted by atomic mass is 16.5. The number of carbonyl (C=O) groups is 1. The van der Waals surface area contributed by atoms with E-state index in [4.69, 9.17) is 4.74 Å². The minimum atomic E-state index is -0.457. The summed E-state index contributed by atoms with van der Waals surface area (Å²) in [6.07, 6.45) is 7.54. The topological polar surface area (TPSA) is 84.1 Å². The van der Waals surface area contributed by atoms with Crippen molar-refractivity contribution in [2.45, 2.75) is 37.7 Å². The number of nitrogens with zero attached hydrogens (tertiary/aromatic N) is 3. The lowest BCUT2D eigenvalue weighted by molar-refractivity contribution is -0.00692. The van der Waals surface area contributed by atoms with Crippen molar-refractivity contribution in [3.05, 3.63) is 40.4 Å². The van der Waals surface area contributed by atoms with E-state index in [9.17, 15) is 14.7 Å². The summed E-state index contributed by atoms with van der Waals surface area (Å²) in [6.45, 7) is 2.00. The molecule has 2 aromatic rings. The van der Waals surface area contributed by atoms with E-state index in [1.54, 1.807) is 11.0 Å². The van der Waals surface area contributed by atoms with Crippen molar-refractivity contribution >= 4 is 11.6 Å². The molecule has 2 aliphatic rings. The van der Waals surface area contributed by atoms with Crippen LogP contribution in [0.4, 0.5) is 0 Å². The van der Waals surface area contributed by atoms with Crippen LogP contribution in [0.2, 0.25) is 0 Å². The molecular formula is C18H21N3O4. The third-order valence-corrected chi connectivity index (χ3v) is 5.31. The molecule has 7 heteroatoms. The standard InChI is InChI=1S/C18H21N3O4/c22-14-4-1-9-21-15(14)19-12-13(17(21)24)16(23)20-8-2-5-18(7-10-20)6-3-11-25-18/h1,4,9,12,22H,2-3,5-8,10-11H2/t18-/m1/s1. The van der Waals surface area contributed by atoms with Gasteiger partial charge in [-0.25, -0.2) is 4.98 Å². The van der Waals surface area contributed by atoms with Gasteiger partial charge in [0.15, 0.2) is 11.4 Å². The number of carbonyl (C=O) groups excluding carboxylic acids is 1. The van der Waals surface area contributed by atoms with Crippen LogP contribution in [-0.2, 0) is 4.74 Å². The number of hydrogen-bond donors (Lipinski definition) is 1. The number of aromatic nitrogens is 2. The fourth-order valence-electron chi connectivity index (χ4n) is 3.93. The second-order valence-electron chi connectivity index (χ2n) is 6.84. The number of likely N-dealkylation sites (tertiary alicyclic amines) is 1. The number of ether oxygens (including phenoxy) is 1. The number of hydrogen-bond acceptors (Lipinski definition) is 5. The smallest absolute Gasteiger partial charge is 0.270 e. The van der Waals surface area contributed by atoms with Crippen LogP contribution in [0.25, 0.3) is 5.65 Å². The minimum absolute atomic E-state index is 0.0337. The molecule has 0 radical (unpaired) electrons. The van der Waals surface area contributed by atoms with Gasteiger partial charge in [-0.15, -0.1) is 0 Å². The molecule has 2 saturated heterocycles. The molecule has 7 nitrogen and oxygen atoms in total. The summed E-state index contributed by atoms with van der Waals surface area (Å²) in [6, 6.07) is 3.01. The first-order chi connectivity index (χ1) is 12.1. The van der Waals surface area contributed by atoms with Gasteiger partial charge in [0.05, 0.1) is 5.60 Å². The van der Waals surface area contributed by atoms with E-state index in [2.05, 4.69) is 4.98 Å². The van der Waals surface area contributed by atoms with Gasteiger partial charge in [0, 0.05) is 32.1 Å². The lowest BCUT2D eigenvalue weighted by Gasteiger charge is -2.26. The van der Waals surface area contributed by atoms with Gasteiger partial charge in [-0.2, -0.15) is 0 Å². The van der Waals surface area contributed by atoms with Crippen molar-refractivity contribution in [3.63, 3.8) is 0 Å². The molecule has 2 aromatic heterocycles. The fourth-order valence-corrected chi connectivity index (χ4v) is 3.93. The van der Waals surface area contributed by atoms with Crippen LogP contribution in [0, 0.1) is 0 Å². The van der Waals surface area contributed by atoms with Crippen LogP contribution < -0.4 is 5.56 Å². The Balaban J connectivity index is 1.62. The first kappa shape index (κ1) is 16.1. The summed E-state index contributed by atoms with van der Waals surface area (Å²) in [5.74, 6) is -0.390. The first-order valence-electron chi connectivity index (χ1n) is 8.72. The van der Waals surface area contributed by atoms with Crippen LogP contribution in [0.1, 0.15) is 42.5 Å². The highest BCUT2D eigenvalue weighted by molar-refractivity contribution is 5.93. The highest BCUT2D eigenvalue weighted by Crippen LogP contribution is 2.35. The van der Waals surface area contributed by atoms with Gasteiger partial charge < -0.3 is 14.7 Å². The Morgan fingerprint density at radius 2 is 2.08 bits per heavy atom. The molecule has 4 rings (SSSR count). The van der Waals surface area contributed by atoms with Crippen molar-refractivity contribution in [1.29, 1.82) is 0 Å². The molecule has 25 heavy (non-hydrogen) atoms. The van der Waals surface area contributed by atoms with E-state index in [1.807, 2.05) is 0 Å². The maximum absolute atomic E-state index is 12.9. The summed E-state index contributed by atoms with van der Waals surface area (Å²) >= 11 is 0. The lowest BCUT2D eigenvalue weighted by Crippen LogP contribution is -2.37. The maximum Gasteiger partial charge on any atom is 0.270 e. The Bertz CT molecular complexity index is 870. The van der Waals surface area contributed by atoms with Crippen LogP contribution >= 0.6 is 0 Å².